The minimum Gasteiger partial charge on any atom is -0.480 e. The molecule has 0 bridgehead atoms. The molecular formula is C6H12N2O2S. The molecule has 0 aliphatic rings. The Balaban J connectivity index is 3.82. The molecule has 0 saturated carbocycles. The fourth-order valence-corrected chi connectivity index (χ4v) is 1.02. The van der Waals surface area contributed by atoms with Crippen molar-refractivity contribution in [2.24, 2.45) is 11.5 Å². The third-order valence-electron chi connectivity index (χ3n) is 1.05. The normalized spacial score (nSPS) is 16.5. The average Bonchev–Trinajstić information content (AvgIpc) is 1.88. The molecule has 0 aliphatic carbocycles. The van der Waals surface area contributed by atoms with Crippen molar-refractivity contribution >= 4 is 17.7 Å². The van der Waals surface area contributed by atoms with Crippen LogP contribution in [0.5, 0.6) is 0 Å². The van der Waals surface area contributed by atoms with Gasteiger partial charge in [0.1, 0.15) is 5.54 Å². The molecule has 1 atom stereocenters. The van der Waals surface area contributed by atoms with Gasteiger partial charge in [-0.1, -0.05) is 0 Å². The van der Waals surface area contributed by atoms with Crippen LogP contribution in [0.25, 0.3) is 0 Å². The standard InChI is InChI=1S/C6H12N2O2S/c1-6(8,5(9)10)4-11-3-2-7/h2-3H,4,7-8H2,1H3,(H,9,10)/b3-2-/t6-/m1/s1. The molecule has 0 spiro atoms. The Bertz CT molecular complexity index is 168. The van der Waals surface area contributed by atoms with Crippen LogP contribution in [-0.4, -0.2) is 22.4 Å². The molecular weight excluding hydrogens is 164 g/mol. The van der Waals surface area contributed by atoms with Gasteiger partial charge in [0.15, 0.2) is 0 Å². The molecule has 64 valence electrons. The predicted octanol–water partition coefficient (Wildman–Crippen LogP) is -0.0485. The van der Waals surface area contributed by atoms with Crippen LogP contribution in [-0.2, 0) is 4.79 Å². The number of thioether (sulfide) groups is 1. The number of carbonyl (C=O) groups is 1. The van der Waals surface area contributed by atoms with E-state index in [9.17, 15) is 4.79 Å². The summed E-state index contributed by atoms with van der Waals surface area (Å²) in [5.41, 5.74) is 9.27. The first-order chi connectivity index (χ1) is 5.00. The van der Waals surface area contributed by atoms with E-state index >= 15 is 0 Å². The summed E-state index contributed by atoms with van der Waals surface area (Å²) in [6.07, 6.45) is 1.35. The fraction of sp³-hybridized carbons (Fsp3) is 0.500. The summed E-state index contributed by atoms with van der Waals surface area (Å²) in [5.74, 6) is -0.689. The molecule has 0 radical (unpaired) electrons. The van der Waals surface area contributed by atoms with E-state index in [1.807, 2.05) is 0 Å². The van der Waals surface area contributed by atoms with Gasteiger partial charge in [-0.05, 0) is 12.3 Å². The van der Waals surface area contributed by atoms with Gasteiger partial charge in [0.2, 0.25) is 0 Å². The molecule has 0 heterocycles. The zero-order valence-electron chi connectivity index (χ0n) is 6.28. The average molecular weight is 176 g/mol. The van der Waals surface area contributed by atoms with Crippen molar-refractivity contribution in [1.29, 1.82) is 0 Å². The van der Waals surface area contributed by atoms with Crippen molar-refractivity contribution in [2.45, 2.75) is 12.5 Å². The van der Waals surface area contributed by atoms with Gasteiger partial charge in [-0.2, -0.15) is 0 Å². The van der Waals surface area contributed by atoms with Gasteiger partial charge in [-0.15, -0.1) is 11.8 Å². The van der Waals surface area contributed by atoms with Crippen LogP contribution in [0.3, 0.4) is 0 Å². The van der Waals surface area contributed by atoms with Crippen LogP contribution in [0.15, 0.2) is 11.6 Å². The number of carboxylic acids is 1. The molecule has 0 rings (SSSR count). The van der Waals surface area contributed by atoms with Crippen molar-refractivity contribution in [3.63, 3.8) is 0 Å². The Morgan fingerprint density at radius 2 is 2.36 bits per heavy atom. The molecule has 5 heteroatoms. The molecule has 5 N–H and O–H groups in total. The number of hydrogen-bond acceptors (Lipinski definition) is 4. The topological polar surface area (TPSA) is 89.3 Å². The summed E-state index contributed by atoms with van der Waals surface area (Å²) < 4.78 is 0. The summed E-state index contributed by atoms with van der Waals surface area (Å²) in [5, 5.41) is 10.2. The Labute approximate surface area is 69.6 Å². The molecule has 0 saturated heterocycles. The molecule has 0 amide bonds. The molecule has 4 nitrogen and oxygen atoms in total. The van der Waals surface area contributed by atoms with Crippen molar-refractivity contribution in [2.75, 3.05) is 5.75 Å². The summed E-state index contributed by atoms with van der Waals surface area (Å²) in [7, 11) is 0. The van der Waals surface area contributed by atoms with Crippen LogP contribution < -0.4 is 11.5 Å². The molecule has 11 heavy (non-hydrogen) atoms. The first kappa shape index (κ1) is 10.3. The Morgan fingerprint density at radius 1 is 1.82 bits per heavy atom. The SMILES string of the molecule is C[C@@](N)(CS/C=C\N)C(=O)O. The maximum absolute atomic E-state index is 10.4. The second-order valence-corrected chi connectivity index (χ2v) is 3.26. The van der Waals surface area contributed by atoms with Gasteiger partial charge in [0.25, 0.3) is 0 Å². The minimum absolute atomic E-state index is 0.316. The van der Waals surface area contributed by atoms with Crippen molar-refractivity contribution in [3.05, 3.63) is 11.6 Å². The first-order valence-electron chi connectivity index (χ1n) is 3.01. The lowest BCUT2D eigenvalue weighted by atomic mass is 10.1. The lowest BCUT2D eigenvalue weighted by molar-refractivity contribution is -0.141. The number of carboxylic acid groups (broad SMARTS) is 1. The van der Waals surface area contributed by atoms with Crippen LogP contribution >= 0.6 is 11.8 Å². The van der Waals surface area contributed by atoms with Gasteiger partial charge in [-0.25, -0.2) is 0 Å². The van der Waals surface area contributed by atoms with Gasteiger partial charge in [-0.3, -0.25) is 4.79 Å². The zero-order chi connectivity index (χ0) is 8.91. The van der Waals surface area contributed by atoms with Crippen molar-refractivity contribution in [1.82, 2.24) is 0 Å². The second kappa shape index (κ2) is 4.25. The lowest BCUT2D eigenvalue weighted by Crippen LogP contribution is -2.47. The Morgan fingerprint density at radius 3 is 2.73 bits per heavy atom. The largest absolute Gasteiger partial charge is 0.480 e. The maximum Gasteiger partial charge on any atom is 0.324 e. The van der Waals surface area contributed by atoms with Gasteiger partial charge in [0.05, 0.1) is 0 Å². The number of aliphatic carboxylic acids is 1. The third kappa shape index (κ3) is 3.90. The van der Waals surface area contributed by atoms with E-state index in [-0.39, 0.29) is 0 Å². The summed E-state index contributed by atoms with van der Waals surface area (Å²) >= 11 is 1.28. The van der Waals surface area contributed by atoms with Gasteiger partial charge in [0, 0.05) is 12.0 Å². The number of rotatable bonds is 4. The Kier molecular flexibility index (Phi) is 3.99. The maximum atomic E-state index is 10.4. The molecule has 0 aromatic heterocycles. The number of nitrogens with two attached hydrogens (primary N) is 2. The highest BCUT2D eigenvalue weighted by molar-refractivity contribution is 8.02. The highest BCUT2D eigenvalue weighted by atomic mass is 32.2. The highest BCUT2D eigenvalue weighted by Crippen LogP contribution is 2.10. The van der Waals surface area contributed by atoms with E-state index in [2.05, 4.69) is 0 Å². The molecule has 0 unspecified atom stereocenters. The van der Waals surface area contributed by atoms with Crippen LogP contribution in [0.4, 0.5) is 0 Å². The molecule has 0 fully saturated rings. The predicted molar refractivity (Wildman–Crippen MR) is 46.0 cm³/mol. The van der Waals surface area contributed by atoms with E-state index in [0.717, 1.165) is 0 Å². The molecule has 0 aromatic rings. The van der Waals surface area contributed by atoms with Crippen molar-refractivity contribution < 1.29 is 9.90 Å². The lowest BCUT2D eigenvalue weighted by Gasteiger charge is -2.16. The van der Waals surface area contributed by atoms with Crippen molar-refractivity contribution in [3.8, 4) is 0 Å². The zero-order valence-corrected chi connectivity index (χ0v) is 7.10. The quantitative estimate of drug-likeness (QED) is 0.559. The molecule has 0 aromatic carbocycles. The molecule has 0 aliphatic heterocycles. The van der Waals surface area contributed by atoms with E-state index in [4.69, 9.17) is 16.6 Å². The summed E-state index contributed by atoms with van der Waals surface area (Å²) in [6.45, 7) is 1.46. The van der Waals surface area contributed by atoms with Gasteiger partial charge >= 0.3 is 5.97 Å². The third-order valence-corrected chi connectivity index (χ3v) is 2.16. The summed E-state index contributed by atoms with van der Waals surface area (Å²) in [4.78, 5) is 10.4. The van der Waals surface area contributed by atoms with Crippen LogP contribution in [0, 0.1) is 0 Å². The van der Waals surface area contributed by atoms with E-state index in [0.29, 0.717) is 5.75 Å². The van der Waals surface area contributed by atoms with E-state index in [1.54, 1.807) is 5.41 Å². The van der Waals surface area contributed by atoms with Gasteiger partial charge < -0.3 is 16.6 Å². The van der Waals surface area contributed by atoms with Crippen LogP contribution in [0.2, 0.25) is 0 Å². The highest BCUT2D eigenvalue weighted by Gasteiger charge is 2.26. The monoisotopic (exact) mass is 176 g/mol. The minimum atomic E-state index is -1.18. The summed E-state index contributed by atoms with van der Waals surface area (Å²) in [6, 6.07) is 0. The second-order valence-electron chi connectivity index (χ2n) is 2.36. The fourth-order valence-electron chi connectivity index (χ4n) is 0.339. The Hall–Kier alpha value is -0.680. The smallest absolute Gasteiger partial charge is 0.324 e. The van der Waals surface area contributed by atoms with E-state index in [1.165, 1.54) is 24.9 Å². The van der Waals surface area contributed by atoms with E-state index < -0.39 is 11.5 Å². The first-order valence-corrected chi connectivity index (χ1v) is 4.06. The van der Waals surface area contributed by atoms with Crippen LogP contribution in [0.1, 0.15) is 6.92 Å². The number of hydrogen-bond donors (Lipinski definition) is 3.